The first-order valence-corrected chi connectivity index (χ1v) is 7.50. The van der Waals surface area contributed by atoms with Crippen molar-refractivity contribution in [2.24, 2.45) is 5.73 Å². The Balaban J connectivity index is 2.41. The maximum Gasteiger partial charge on any atom is 0.136 e. The molecule has 0 saturated heterocycles. The number of nitrogens with two attached hydrogens (primary N) is 1. The van der Waals surface area contributed by atoms with Gasteiger partial charge in [0.15, 0.2) is 0 Å². The third-order valence-electron chi connectivity index (χ3n) is 4.30. The summed E-state index contributed by atoms with van der Waals surface area (Å²) in [6.07, 6.45) is 5.42. The molecule has 19 heavy (non-hydrogen) atoms. The zero-order valence-electron chi connectivity index (χ0n) is 12.0. The molecule has 0 aliphatic heterocycles. The smallest absolute Gasteiger partial charge is 0.136 e. The van der Waals surface area contributed by atoms with Crippen LogP contribution in [-0.4, -0.2) is 15.5 Å². The summed E-state index contributed by atoms with van der Waals surface area (Å²) < 4.78 is 0. The molecule has 0 saturated carbocycles. The van der Waals surface area contributed by atoms with Gasteiger partial charge in [-0.2, -0.15) is 0 Å². The second-order valence-electron chi connectivity index (χ2n) is 5.60. The fourth-order valence-corrected chi connectivity index (χ4v) is 2.62. The molecule has 2 rings (SSSR count). The summed E-state index contributed by atoms with van der Waals surface area (Å²) in [6, 6.07) is 2.13. The average Bonchev–Trinajstić information content (AvgIpc) is 2.84. The highest BCUT2D eigenvalue weighted by molar-refractivity contribution is 7.80. The highest BCUT2D eigenvalue weighted by Crippen LogP contribution is 2.28. The molecule has 1 heterocycles. The molecule has 0 aromatic carbocycles. The Labute approximate surface area is 121 Å². The predicted molar refractivity (Wildman–Crippen MR) is 84.8 cm³/mol. The quantitative estimate of drug-likeness (QED) is 0.812. The SMILES string of the molecule is CCC(C)(CC)Nc1nc2c(cc1C(N)=S)CCC2. The van der Waals surface area contributed by atoms with Gasteiger partial charge in [0, 0.05) is 11.2 Å². The lowest BCUT2D eigenvalue weighted by atomic mass is 9.95. The van der Waals surface area contributed by atoms with Gasteiger partial charge in [-0.15, -0.1) is 0 Å². The molecule has 104 valence electrons. The minimum absolute atomic E-state index is 0.0410. The number of nitrogens with one attached hydrogen (secondary N) is 1. The van der Waals surface area contributed by atoms with Gasteiger partial charge in [0.1, 0.15) is 10.8 Å². The number of aromatic nitrogens is 1. The summed E-state index contributed by atoms with van der Waals surface area (Å²) >= 11 is 5.18. The Hall–Kier alpha value is -1.16. The van der Waals surface area contributed by atoms with Gasteiger partial charge in [-0.3, -0.25) is 0 Å². The van der Waals surface area contributed by atoms with E-state index in [4.69, 9.17) is 22.9 Å². The minimum Gasteiger partial charge on any atom is -0.389 e. The third-order valence-corrected chi connectivity index (χ3v) is 4.52. The lowest BCUT2D eigenvalue weighted by Crippen LogP contribution is -2.34. The van der Waals surface area contributed by atoms with Crippen molar-refractivity contribution in [3.63, 3.8) is 0 Å². The number of anilines is 1. The van der Waals surface area contributed by atoms with E-state index >= 15 is 0 Å². The maximum absolute atomic E-state index is 5.86. The van der Waals surface area contributed by atoms with Gasteiger partial charge in [-0.05, 0) is 50.7 Å². The monoisotopic (exact) mass is 277 g/mol. The number of pyridine rings is 1. The van der Waals surface area contributed by atoms with Crippen LogP contribution in [0.4, 0.5) is 5.82 Å². The van der Waals surface area contributed by atoms with Gasteiger partial charge in [-0.1, -0.05) is 26.1 Å². The molecule has 1 aromatic rings. The van der Waals surface area contributed by atoms with Crippen molar-refractivity contribution in [2.75, 3.05) is 5.32 Å². The van der Waals surface area contributed by atoms with Crippen molar-refractivity contribution in [1.82, 2.24) is 4.98 Å². The van der Waals surface area contributed by atoms with Crippen molar-refractivity contribution in [3.05, 3.63) is 22.9 Å². The highest BCUT2D eigenvalue weighted by Gasteiger charge is 2.24. The molecule has 4 heteroatoms. The van der Waals surface area contributed by atoms with Crippen molar-refractivity contribution in [1.29, 1.82) is 0 Å². The van der Waals surface area contributed by atoms with Crippen molar-refractivity contribution >= 4 is 23.0 Å². The van der Waals surface area contributed by atoms with Crippen LogP contribution in [0.1, 0.15) is 56.9 Å². The van der Waals surface area contributed by atoms with E-state index < -0.39 is 0 Å². The highest BCUT2D eigenvalue weighted by atomic mass is 32.1. The van der Waals surface area contributed by atoms with Crippen LogP contribution in [0.3, 0.4) is 0 Å². The Morgan fingerprint density at radius 1 is 1.42 bits per heavy atom. The molecule has 0 fully saturated rings. The predicted octanol–water partition coefficient (Wildman–Crippen LogP) is 3.20. The van der Waals surface area contributed by atoms with Crippen LogP contribution >= 0.6 is 12.2 Å². The molecule has 0 bridgehead atoms. The zero-order valence-corrected chi connectivity index (χ0v) is 12.9. The molecule has 1 aliphatic carbocycles. The number of hydrogen-bond donors (Lipinski definition) is 2. The van der Waals surface area contributed by atoms with Crippen LogP contribution in [0.15, 0.2) is 6.07 Å². The number of fused-ring (bicyclic) bond motifs is 1. The second-order valence-corrected chi connectivity index (χ2v) is 6.04. The van der Waals surface area contributed by atoms with Gasteiger partial charge < -0.3 is 11.1 Å². The van der Waals surface area contributed by atoms with Crippen LogP contribution < -0.4 is 11.1 Å². The Morgan fingerprint density at radius 2 is 2.11 bits per heavy atom. The number of hydrogen-bond acceptors (Lipinski definition) is 3. The number of aryl methyl sites for hydroxylation is 2. The Bertz CT molecular complexity index is 492. The van der Waals surface area contributed by atoms with E-state index in [-0.39, 0.29) is 5.54 Å². The van der Waals surface area contributed by atoms with E-state index in [1.165, 1.54) is 17.7 Å². The molecule has 3 nitrogen and oxygen atoms in total. The Kier molecular flexibility index (Phi) is 4.09. The van der Waals surface area contributed by atoms with E-state index in [2.05, 4.69) is 32.2 Å². The summed E-state index contributed by atoms with van der Waals surface area (Å²) in [6.45, 7) is 6.58. The van der Waals surface area contributed by atoms with Crippen LogP contribution in [-0.2, 0) is 12.8 Å². The van der Waals surface area contributed by atoms with Gasteiger partial charge in [0.25, 0.3) is 0 Å². The molecule has 1 aromatic heterocycles. The van der Waals surface area contributed by atoms with Gasteiger partial charge >= 0.3 is 0 Å². The standard InChI is InChI=1S/C15H23N3S/c1-4-15(3,5-2)18-14-11(13(16)19)9-10-7-6-8-12(10)17-14/h9H,4-8H2,1-3H3,(H2,16,19)(H,17,18). The maximum atomic E-state index is 5.86. The fourth-order valence-electron chi connectivity index (χ4n) is 2.47. The van der Waals surface area contributed by atoms with E-state index in [0.717, 1.165) is 37.1 Å². The topological polar surface area (TPSA) is 50.9 Å². The molecule has 0 radical (unpaired) electrons. The minimum atomic E-state index is 0.0410. The molecule has 0 amide bonds. The molecular formula is C15H23N3S. The molecule has 0 atom stereocenters. The molecule has 1 aliphatic rings. The first-order valence-electron chi connectivity index (χ1n) is 7.10. The lowest BCUT2D eigenvalue weighted by molar-refractivity contribution is 0.476. The zero-order chi connectivity index (χ0) is 14.0. The third kappa shape index (κ3) is 2.89. The molecular weight excluding hydrogens is 254 g/mol. The fraction of sp³-hybridized carbons (Fsp3) is 0.600. The molecule has 0 unspecified atom stereocenters. The van der Waals surface area contributed by atoms with E-state index in [1.807, 2.05) is 0 Å². The van der Waals surface area contributed by atoms with Crippen LogP contribution in [0.5, 0.6) is 0 Å². The van der Waals surface area contributed by atoms with Gasteiger partial charge in [0.2, 0.25) is 0 Å². The largest absolute Gasteiger partial charge is 0.389 e. The van der Waals surface area contributed by atoms with Crippen LogP contribution in [0.2, 0.25) is 0 Å². The summed E-state index contributed by atoms with van der Waals surface area (Å²) in [7, 11) is 0. The first kappa shape index (κ1) is 14.3. The van der Waals surface area contributed by atoms with Gasteiger partial charge in [-0.25, -0.2) is 4.98 Å². The first-order chi connectivity index (χ1) is 8.99. The van der Waals surface area contributed by atoms with Crippen molar-refractivity contribution in [2.45, 2.75) is 58.4 Å². The average molecular weight is 277 g/mol. The number of thiocarbonyl (C=S) groups is 1. The summed E-state index contributed by atoms with van der Waals surface area (Å²) in [5.74, 6) is 0.861. The van der Waals surface area contributed by atoms with Crippen molar-refractivity contribution < 1.29 is 0 Å². The second kappa shape index (κ2) is 5.45. The van der Waals surface area contributed by atoms with Crippen LogP contribution in [0, 0.1) is 0 Å². The normalized spacial score (nSPS) is 14.3. The van der Waals surface area contributed by atoms with E-state index in [9.17, 15) is 0 Å². The number of nitrogens with zero attached hydrogens (tertiary/aromatic N) is 1. The van der Waals surface area contributed by atoms with E-state index in [0.29, 0.717) is 4.99 Å². The van der Waals surface area contributed by atoms with E-state index in [1.54, 1.807) is 0 Å². The number of rotatable bonds is 5. The van der Waals surface area contributed by atoms with Gasteiger partial charge in [0.05, 0.1) is 5.56 Å². The Morgan fingerprint density at radius 3 is 2.68 bits per heavy atom. The molecule has 3 N–H and O–H groups in total. The summed E-state index contributed by atoms with van der Waals surface area (Å²) in [5.41, 5.74) is 9.31. The van der Waals surface area contributed by atoms with Crippen molar-refractivity contribution in [3.8, 4) is 0 Å². The lowest BCUT2D eigenvalue weighted by Gasteiger charge is -2.30. The molecule has 0 spiro atoms. The van der Waals surface area contributed by atoms with Crippen LogP contribution in [0.25, 0.3) is 0 Å². The summed E-state index contributed by atoms with van der Waals surface area (Å²) in [5, 5.41) is 3.56. The summed E-state index contributed by atoms with van der Waals surface area (Å²) in [4.78, 5) is 5.21.